The second-order valence-corrected chi connectivity index (χ2v) is 6.38. The van der Waals surface area contributed by atoms with Crippen LogP contribution in [0, 0.1) is 15.2 Å². The number of benzene rings is 3. The highest BCUT2D eigenvalue weighted by Gasteiger charge is 2.16. The lowest BCUT2D eigenvalue weighted by Gasteiger charge is -2.13. The largest absolute Gasteiger partial charge is 0.319 e. The maximum absolute atomic E-state index is 14.3. The lowest BCUT2D eigenvalue weighted by atomic mass is 10.0. The Kier molecular flexibility index (Phi) is 4.89. The van der Waals surface area contributed by atoms with Crippen LogP contribution in [0.15, 0.2) is 66.7 Å². The van der Waals surface area contributed by atoms with Gasteiger partial charge in [-0.15, -0.1) is 0 Å². The molecule has 5 heteroatoms. The smallest absolute Gasteiger partial charge is 0.255 e. The molecule has 0 aliphatic rings. The van der Waals surface area contributed by atoms with Crippen molar-refractivity contribution in [3.05, 3.63) is 87.5 Å². The van der Waals surface area contributed by atoms with Crippen molar-refractivity contribution in [3.8, 4) is 11.1 Å². The molecule has 0 fully saturated rings. The number of halogens is 3. The Labute approximate surface area is 151 Å². The van der Waals surface area contributed by atoms with Gasteiger partial charge in [0.25, 0.3) is 5.91 Å². The summed E-state index contributed by atoms with van der Waals surface area (Å²) in [5.74, 6) is -1.96. The van der Waals surface area contributed by atoms with Gasteiger partial charge >= 0.3 is 0 Å². The molecule has 0 saturated heterocycles. The van der Waals surface area contributed by atoms with Crippen LogP contribution in [0.1, 0.15) is 10.4 Å². The van der Waals surface area contributed by atoms with Crippen LogP contribution in [0.2, 0.25) is 0 Å². The van der Waals surface area contributed by atoms with E-state index in [1.54, 1.807) is 48.5 Å². The topological polar surface area (TPSA) is 29.1 Å². The summed E-state index contributed by atoms with van der Waals surface area (Å²) in [6, 6.07) is 17.7. The molecule has 3 aromatic rings. The molecule has 1 amide bonds. The molecule has 24 heavy (non-hydrogen) atoms. The summed E-state index contributed by atoms with van der Waals surface area (Å²) in [6.45, 7) is 0. The van der Waals surface area contributed by atoms with E-state index in [-0.39, 0.29) is 5.69 Å². The van der Waals surface area contributed by atoms with Gasteiger partial charge in [0.2, 0.25) is 0 Å². The minimum atomic E-state index is -0.812. The molecule has 2 nitrogen and oxygen atoms in total. The minimum absolute atomic E-state index is 0.0360. The summed E-state index contributed by atoms with van der Waals surface area (Å²) in [6.07, 6.45) is 0. The predicted octanol–water partition coefficient (Wildman–Crippen LogP) is 5.49. The van der Waals surface area contributed by atoms with Gasteiger partial charge in [-0.25, -0.2) is 8.78 Å². The Bertz CT molecular complexity index is 880. The summed E-state index contributed by atoms with van der Waals surface area (Å²) < 4.78 is 28.9. The SMILES string of the molecule is O=C(Nc1c(F)cc(F)cc1-c1ccccc1)c1ccc(I)cc1. The Hall–Kier alpha value is -2.28. The molecule has 0 unspecified atom stereocenters. The van der Waals surface area contributed by atoms with Gasteiger partial charge in [-0.2, -0.15) is 0 Å². The van der Waals surface area contributed by atoms with Crippen LogP contribution in [0.4, 0.5) is 14.5 Å². The Morgan fingerprint density at radius 1 is 0.917 bits per heavy atom. The number of nitrogens with one attached hydrogen (secondary N) is 1. The van der Waals surface area contributed by atoms with E-state index in [1.165, 1.54) is 6.07 Å². The van der Waals surface area contributed by atoms with E-state index in [9.17, 15) is 13.6 Å². The van der Waals surface area contributed by atoms with E-state index in [1.807, 2.05) is 6.07 Å². The molecule has 0 aliphatic carbocycles. The molecular weight excluding hydrogens is 423 g/mol. The lowest BCUT2D eigenvalue weighted by Crippen LogP contribution is -2.14. The molecule has 0 radical (unpaired) electrons. The third kappa shape index (κ3) is 3.62. The van der Waals surface area contributed by atoms with Gasteiger partial charge in [0.05, 0.1) is 5.69 Å². The maximum atomic E-state index is 14.3. The first-order chi connectivity index (χ1) is 11.5. The number of hydrogen-bond acceptors (Lipinski definition) is 1. The summed E-state index contributed by atoms with van der Waals surface area (Å²) in [4.78, 5) is 12.4. The van der Waals surface area contributed by atoms with Crippen molar-refractivity contribution in [2.24, 2.45) is 0 Å². The van der Waals surface area contributed by atoms with Crippen LogP contribution in [-0.2, 0) is 0 Å². The van der Waals surface area contributed by atoms with Crippen LogP contribution >= 0.6 is 22.6 Å². The molecule has 0 spiro atoms. The van der Waals surface area contributed by atoms with Gasteiger partial charge in [0.1, 0.15) is 11.6 Å². The molecule has 0 heterocycles. The number of anilines is 1. The zero-order chi connectivity index (χ0) is 17.1. The monoisotopic (exact) mass is 435 g/mol. The predicted molar refractivity (Wildman–Crippen MR) is 98.9 cm³/mol. The minimum Gasteiger partial charge on any atom is -0.319 e. The molecule has 0 bridgehead atoms. The maximum Gasteiger partial charge on any atom is 0.255 e. The van der Waals surface area contributed by atoms with Crippen molar-refractivity contribution in [2.45, 2.75) is 0 Å². The molecule has 120 valence electrons. The highest BCUT2D eigenvalue weighted by atomic mass is 127. The second-order valence-electron chi connectivity index (χ2n) is 5.14. The fourth-order valence-corrected chi connectivity index (χ4v) is 2.69. The highest BCUT2D eigenvalue weighted by Crippen LogP contribution is 2.31. The van der Waals surface area contributed by atoms with E-state index in [2.05, 4.69) is 27.9 Å². The van der Waals surface area contributed by atoms with Crippen molar-refractivity contribution < 1.29 is 13.6 Å². The van der Waals surface area contributed by atoms with Crippen molar-refractivity contribution in [2.75, 3.05) is 5.32 Å². The number of hydrogen-bond donors (Lipinski definition) is 1. The number of rotatable bonds is 3. The number of carbonyl (C=O) groups is 1. The first kappa shape index (κ1) is 16.6. The Morgan fingerprint density at radius 2 is 1.58 bits per heavy atom. The third-order valence-corrected chi connectivity index (χ3v) is 4.20. The molecule has 1 N–H and O–H groups in total. The Balaban J connectivity index is 2.01. The third-order valence-electron chi connectivity index (χ3n) is 3.48. The molecule has 0 aromatic heterocycles. The fraction of sp³-hybridized carbons (Fsp3) is 0. The molecule has 0 aliphatic heterocycles. The fourth-order valence-electron chi connectivity index (χ4n) is 2.33. The van der Waals surface area contributed by atoms with Crippen molar-refractivity contribution in [1.29, 1.82) is 0 Å². The highest BCUT2D eigenvalue weighted by molar-refractivity contribution is 14.1. The van der Waals surface area contributed by atoms with Crippen LogP contribution in [-0.4, -0.2) is 5.91 Å². The van der Waals surface area contributed by atoms with Gasteiger partial charge in [-0.1, -0.05) is 30.3 Å². The summed E-state index contributed by atoms with van der Waals surface area (Å²) in [5, 5.41) is 2.56. The standard InChI is InChI=1S/C19H12F2INO/c20-14-10-16(12-4-2-1-3-5-12)18(17(21)11-14)23-19(24)13-6-8-15(22)9-7-13/h1-11H,(H,23,24). The van der Waals surface area contributed by atoms with Gasteiger partial charge < -0.3 is 5.32 Å². The summed E-state index contributed by atoms with van der Waals surface area (Å²) >= 11 is 2.13. The average Bonchev–Trinajstić information content (AvgIpc) is 2.58. The quantitative estimate of drug-likeness (QED) is 0.542. The van der Waals surface area contributed by atoms with E-state index >= 15 is 0 Å². The lowest BCUT2D eigenvalue weighted by molar-refractivity contribution is 0.102. The molecule has 0 atom stereocenters. The summed E-state index contributed by atoms with van der Waals surface area (Å²) in [7, 11) is 0. The van der Waals surface area contributed by atoms with E-state index < -0.39 is 17.5 Å². The van der Waals surface area contributed by atoms with Gasteiger partial charge in [-0.3, -0.25) is 4.79 Å². The van der Waals surface area contributed by atoms with E-state index in [4.69, 9.17) is 0 Å². The molecule has 3 rings (SSSR count). The van der Waals surface area contributed by atoms with Gasteiger partial charge in [0, 0.05) is 20.8 Å². The molecular formula is C19H12F2INO. The van der Waals surface area contributed by atoms with Crippen molar-refractivity contribution in [1.82, 2.24) is 0 Å². The van der Waals surface area contributed by atoms with E-state index in [0.717, 1.165) is 9.64 Å². The average molecular weight is 435 g/mol. The number of carbonyl (C=O) groups excluding carboxylic acids is 1. The van der Waals surface area contributed by atoms with Gasteiger partial charge in [-0.05, 0) is 58.5 Å². The zero-order valence-electron chi connectivity index (χ0n) is 12.4. The zero-order valence-corrected chi connectivity index (χ0v) is 14.6. The van der Waals surface area contributed by atoms with Crippen LogP contribution < -0.4 is 5.32 Å². The van der Waals surface area contributed by atoms with Gasteiger partial charge in [0.15, 0.2) is 0 Å². The summed E-state index contributed by atoms with van der Waals surface area (Å²) in [5.41, 5.74) is 1.28. The number of amides is 1. The van der Waals surface area contributed by atoms with Crippen LogP contribution in [0.5, 0.6) is 0 Å². The van der Waals surface area contributed by atoms with Crippen LogP contribution in [0.25, 0.3) is 11.1 Å². The Morgan fingerprint density at radius 3 is 2.25 bits per heavy atom. The van der Waals surface area contributed by atoms with E-state index in [0.29, 0.717) is 16.7 Å². The van der Waals surface area contributed by atoms with Crippen molar-refractivity contribution in [3.63, 3.8) is 0 Å². The second kappa shape index (κ2) is 7.09. The first-order valence-corrected chi connectivity index (χ1v) is 8.24. The molecule has 3 aromatic carbocycles. The normalized spacial score (nSPS) is 10.5. The van der Waals surface area contributed by atoms with Crippen LogP contribution in [0.3, 0.4) is 0 Å². The molecule has 0 saturated carbocycles. The van der Waals surface area contributed by atoms with Crippen molar-refractivity contribution >= 4 is 34.2 Å². The first-order valence-electron chi connectivity index (χ1n) is 7.16.